The largest absolute Gasteiger partial charge is 0.497 e. The fraction of sp³-hybridized carbons (Fsp3) is 0.286. The second-order valence-electron chi connectivity index (χ2n) is 6.36. The minimum absolute atomic E-state index is 0.0778. The van der Waals surface area contributed by atoms with Crippen LogP contribution >= 0.6 is 11.3 Å². The van der Waals surface area contributed by atoms with E-state index in [1.807, 2.05) is 31.2 Å². The van der Waals surface area contributed by atoms with Crippen molar-refractivity contribution in [2.75, 3.05) is 13.7 Å². The quantitative estimate of drug-likeness (QED) is 0.650. The summed E-state index contributed by atoms with van der Waals surface area (Å²) < 4.78 is 6.44. The normalized spacial score (nSPS) is 11.9. The minimum atomic E-state index is -0.120. The van der Waals surface area contributed by atoms with Crippen LogP contribution in [0.15, 0.2) is 53.9 Å². The number of amides is 2. The van der Waals surface area contributed by atoms with E-state index >= 15 is 0 Å². The van der Waals surface area contributed by atoms with Gasteiger partial charge in [0.25, 0.3) is 0 Å². The molecule has 26 heavy (non-hydrogen) atoms. The molecule has 0 spiro atoms. The van der Waals surface area contributed by atoms with E-state index in [1.54, 1.807) is 18.4 Å². The number of rotatable bonds is 7. The lowest BCUT2D eigenvalue weighted by atomic mass is 10.1. The van der Waals surface area contributed by atoms with Crippen molar-refractivity contribution in [3.8, 4) is 5.75 Å². The number of hydrogen-bond donors (Lipinski definition) is 2. The molecule has 0 unspecified atom stereocenters. The summed E-state index contributed by atoms with van der Waals surface area (Å²) in [6.07, 6.45) is 1.62. The van der Waals surface area contributed by atoms with Gasteiger partial charge in [0.15, 0.2) is 0 Å². The van der Waals surface area contributed by atoms with E-state index < -0.39 is 0 Å². The van der Waals surface area contributed by atoms with Gasteiger partial charge in [0, 0.05) is 17.3 Å². The van der Waals surface area contributed by atoms with Crippen LogP contribution in [0.25, 0.3) is 10.1 Å². The number of hydrogen-bond acceptors (Lipinski definition) is 3. The van der Waals surface area contributed by atoms with E-state index in [9.17, 15) is 4.79 Å². The second-order valence-corrected chi connectivity index (χ2v) is 7.27. The summed E-state index contributed by atoms with van der Waals surface area (Å²) in [5.41, 5.74) is 2.46. The third-order valence-corrected chi connectivity index (χ3v) is 5.34. The highest BCUT2D eigenvalue weighted by atomic mass is 32.1. The van der Waals surface area contributed by atoms with Crippen molar-refractivity contribution >= 4 is 27.5 Å². The van der Waals surface area contributed by atoms with Crippen LogP contribution in [0, 0.1) is 0 Å². The Balaban J connectivity index is 1.43. The fourth-order valence-electron chi connectivity index (χ4n) is 2.96. The van der Waals surface area contributed by atoms with Crippen molar-refractivity contribution in [3.05, 3.63) is 65.0 Å². The third kappa shape index (κ3) is 4.76. The second kappa shape index (κ2) is 8.72. The van der Waals surface area contributed by atoms with Gasteiger partial charge in [-0.3, -0.25) is 0 Å². The first-order chi connectivity index (χ1) is 12.7. The highest BCUT2D eigenvalue weighted by Gasteiger charge is 2.11. The molecule has 3 aromatic rings. The molecule has 2 aromatic carbocycles. The van der Waals surface area contributed by atoms with E-state index in [1.165, 1.54) is 21.2 Å². The minimum Gasteiger partial charge on any atom is -0.497 e. The van der Waals surface area contributed by atoms with Gasteiger partial charge in [-0.05, 0) is 59.9 Å². The van der Waals surface area contributed by atoms with Crippen LogP contribution in [0.4, 0.5) is 4.79 Å². The first kappa shape index (κ1) is 18.3. The summed E-state index contributed by atoms with van der Waals surface area (Å²) in [4.78, 5) is 12.1. The Labute approximate surface area is 158 Å². The molecule has 2 amide bonds. The molecule has 0 aliphatic carbocycles. The van der Waals surface area contributed by atoms with Crippen LogP contribution < -0.4 is 15.4 Å². The number of ether oxygens (including phenoxy) is 1. The molecule has 5 heteroatoms. The van der Waals surface area contributed by atoms with Gasteiger partial charge in [-0.25, -0.2) is 4.79 Å². The Hall–Kier alpha value is -2.53. The van der Waals surface area contributed by atoms with Crippen molar-refractivity contribution in [3.63, 3.8) is 0 Å². The standard InChI is InChI=1S/C21H24N2O2S/c1-15(13-17-14-26-20-6-4-3-5-19(17)20)23-21(24)22-12-11-16-7-9-18(25-2)10-8-16/h3-10,14-15H,11-13H2,1-2H3,(H2,22,23,24)/t15-/m1/s1. The molecule has 0 saturated carbocycles. The number of urea groups is 1. The first-order valence-corrected chi connectivity index (χ1v) is 9.66. The molecule has 0 radical (unpaired) electrons. The maximum absolute atomic E-state index is 12.1. The fourth-order valence-corrected chi connectivity index (χ4v) is 3.93. The molecular weight excluding hydrogens is 344 g/mol. The van der Waals surface area contributed by atoms with Crippen molar-refractivity contribution < 1.29 is 9.53 Å². The van der Waals surface area contributed by atoms with Crippen LogP contribution in [0.2, 0.25) is 0 Å². The van der Waals surface area contributed by atoms with Gasteiger partial charge in [-0.1, -0.05) is 30.3 Å². The molecule has 4 nitrogen and oxygen atoms in total. The van der Waals surface area contributed by atoms with E-state index in [0.29, 0.717) is 6.54 Å². The monoisotopic (exact) mass is 368 g/mol. The van der Waals surface area contributed by atoms with Crippen molar-refractivity contribution in [2.24, 2.45) is 0 Å². The Morgan fingerprint density at radius 3 is 2.69 bits per heavy atom. The summed E-state index contributed by atoms with van der Waals surface area (Å²) in [5, 5.41) is 9.42. The van der Waals surface area contributed by atoms with Gasteiger partial charge in [0.05, 0.1) is 7.11 Å². The van der Waals surface area contributed by atoms with Crippen molar-refractivity contribution in [1.82, 2.24) is 10.6 Å². The van der Waals surface area contributed by atoms with Crippen molar-refractivity contribution in [1.29, 1.82) is 0 Å². The van der Waals surface area contributed by atoms with Crippen LogP contribution in [0.3, 0.4) is 0 Å². The SMILES string of the molecule is COc1ccc(CCNC(=O)N[C@H](C)Cc2csc3ccccc23)cc1. The van der Waals surface area contributed by atoms with Crippen LogP contribution in [0.1, 0.15) is 18.1 Å². The lowest BCUT2D eigenvalue weighted by Crippen LogP contribution is -2.42. The first-order valence-electron chi connectivity index (χ1n) is 8.78. The smallest absolute Gasteiger partial charge is 0.315 e. The number of benzene rings is 2. The average molecular weight is 369 g/mol. The highest BCUT2D eigenvalue weighted by Crippen LogP contribution is 2.26. The molecule has 2 N–H and O–H groups in total. The molecule has 0 aliphatic rings. The Kier molecular flexibility index (Phi) is 6.12. The van der Waals surface area contributed by atoms with Crippen LogP contribution in [-0.4, -0.2) is 25.7 Å². The lowest BCUT2D eigenvalue weighted by molar-refractivity contribution is 0.238. The zero-order valence-corrected chi connectivity index (χ0v) is 15.9. The topological polar surface area (TPSA) is 50.4 Å². The maximum Gasteiger partial charge on any atom is 0.315 e. The molecule has 3 rings (SSSR count). The predicted molar refractivity (Wildman–Crippen MR) is 108 cm³/mol. The summed E-state index contributed by atoms with van der Waals surface area (Å²) in [7, 11) is 1.65. The summed E-state index contributed by atoms with van der Waals surface area (Å²) in [6, 6.07) is 16.2. The molecule has 0 aliphatic heterocycles. The molecule has 0 fully saturated rings. The Morgan fingerprint density at radius 2 is 1.92 bits per heavy atom. The number of nitrogens with one attached hydrogen (secondary N) is 2. The van der Waals surface area contributed by atoms with E-state index in [4.69, 9.17) is 4.74 Å². The number of carbonyl (C=O) groups is 1. The molecule has 1 atom stereocenters. The van der Waals surface area contributed by atoms with Gasteiger partial charge >= 0.3 is 6.03 Å². The van der Waals surface area contributed by atoms with Crippen LogP contribution in [0.5, 0.6) is 5.75 Å². The zero-order valence-electron chi connectivity index (χ0n) is 15.1. The third-order valence-electron chi connectivity index (χ3n) is 4.32. The summed E-state index contributed by atoms with van der Waals surface area (Å²) >= 11 is 1.75. The van der Waals surface area contributed by atoms with Crippen molar-refractivity contribution in [2.45, 2.75) is 25.8 Å². The molecule has 0 saturated heterocycles. The number of carbonyl (C=O) groups excluding carboxylic acids is 1. The average Bonchev–Trinajstić information content (AvgIpc) is 3.05. The molecular formula is C21H24N2O2S. The van der Waals surface area contributed by atoms with Gasteiger partial charge in [0.1, 0.15) is 5.75 Å². The Morgan fingerprint density at radius 1 is 1.15 bits per heavy atom. The number of thiophene rings is 1. The summed E-state index contributed by atoms with van der Waals surface area (Å²) in [5.74, 6) is 0.842. The molecule has 136 valence electrons. The number of fused-ring (bicyclic) bond motifs is 1. The van der Waals surface area contributed by atoms with E-state index in [-0.39, 0.29) is 12.1 Å². The van der Waals surface area contributed by atoms with E-state index in [2.05, 4.69) is 40.3 Å². The zero-order chi connectivity index (χ0) is 18.4. The van der Waals surface area contributed by atoms with Gasteiger partial charge in [-0.15, -0.1) is 11.3 Å². The number of methoxy groups -OCH3 is 1. The molecule has 0 bridgehead atoms. The van der Waals surface area contributed by atoms with Gasteiger partial charge in [0.2, 0.25) is 0 Å². The highest BCUT2D eigenvalue weighted by molar-refractivity contribution is 7.17. The van der Waals surface area contributed by atoms with Gasteiger partial charge in [-0.2, -0.15) is 0 Å². The predicted octanol–water partition coefficient (Wildman–Crippen LogP) is 4.38. The lowest BCUT2D eigenvalue weighted by Gasteiger charge is -2.14. The molecule has 1 aromatic heterocycles. The maximum atomic E-state index is 12.1. The van der Waals surface area contributed by atoms with Gasteiger partial charge < -0.3 is 15.4 Å². The Bertz CT molecular complexity index is 858. The molecule has 1 heterocycles. The summed E-state index contributed by atoms with van der Waals surface area (Å²) in [6.45, 7) is 2.64. The van der Waals surface area contributed by atoms with E-state index in [0.717, 1.165) is 18.6 Å². The van der Waals surface area contributed by atoms with Crippen LogP contribution in [-0.2, 0) is 12.8 Å².